The van der Waals surface area contributed by atoms with E-state index < -0.39 is 22.3 Å². The summed E-state index contributed by atoms with van der Waals surface area (Å²) in [7, 11) is -0.388. The first-order valence-corrected chi connectivity index (χ1v) is 13.3. The lowest BCUT2D eigenvalue weighted by Crippen LogP contribution is -2.61. The number of nitrogens with one attached hydrogen (secondary N) is 1. The van der Waals surface area contributed by atoms with Crippen LogP contribution in [0.15, 0.2) is 6.20 Å². The van der Waals surface area contributed by atoms with Crippen LogP contribution in [0.2, 0.25) is 0 Å². The second kappa shape index (κ2) is 9.19. The number of aryl methyl sites for hydroxylation is 2. The summed E-state index contributed by atoms with van der Waals surface area (Å²) in [5, 5.41) is 4.38. The molecule has 9 heteroatoms. The Morgan fingerprint density at radius 3 is 2.06 bits per heavy atom. The zero-order valence-corrected chi connectivity index (χ0v) is 19.9. The number of hydrogen-bond acceptors (Lipinski definition) is 4. The highest BCUT2D eigenvalue weighted by atomic mass is 32.2. The minimum absolute atomic E-state index is 0.00193. The topological polar surface area (TPSA) is 87.5 Å². The van der Waals surface area contributed by atoms with Crippen molar-refractivity contribution in [2.75, 3.05) is 7.05 Å². The fourth-order valence-electron chi connectivity index (χ4n) is 5.81. The molecule has 3 fully saturated rings. The third-order valence-electron chi connectivity index (χ3n) is 7.47. The first-order valence-electron chi connectivity index (χ1n) is 11.9. The van der Waals surface area contributed by atoms with Crippen LogP contribution in [-0.4, -0.2) is 58.5 Å². The van der Waals surface area contributed by atoms with Crippen molar-refractivity contribution in [2.24, 2.45) is 7.05 Å². The molecule has 2 heterocycles. The van der Waals surface area contributed by atoms with Crippen LogP contribution in [0, 0.1) is 6.92 Å². The number of aromatic nitrogens is 2. The molecule has 2 atom stereocenters. The maximum absolute atomic E-state index is 14.0. The summed E-state index contributed by atoms with van der Waals surface area (Å²) in [5.74, 6) is -0.00193. The van der Waals surface area contributed by atoms with Gasteiger partial charge in [0.05, 0.1) is 11.7 Å². The Morgan fingerprint density at radius 2 is 1.58 bits per heavy atom. The molecule has 8 nitrogen and oxygen atoms in total. The van der Waals surface area contributed by atoms with Gasteiger partial charge in [0.1, 0.15) is 6.04 Å². The Morgan fingerprint density at radius 1 is 1.03 bits per heavy atom. The van der Waals surface area contributed by atoms with Crippen molar-refractivity contribution in [1.29, 1.82) is 0 Å². The van der Waals surface area contributed by atoms with Gasteiger partial charge >= 0.3 is 0 Å². The average Bonchev–Trinajstić information content (AvgIpc) is 3.09. The van der Waals surface area contributed by atoms with E-state index in [1.807, 2.05) is 20.2 Å². The Bertz CT molecular complexity index is 869. The van der Waals surface area contributed by atoms with Gasteiger partial charge in [0, 0.05) is 37.9 Å². The molecule has 1 aromatic rings. The van der Waals surface area contributed by atoms with Crippen molar-refractivity contribution < 1.29 is 13.2 Å². The van der Waals surface area contributed by atoms with Crippen LogP contribution in [0.3, 0.4) is 0 Å². The monoisotopic (exact) mass is 451 g/mol. The lowest BCUT2D eigenvalue weighted by molar-refractivity contribution is -0.142. The van der Waals surface area contributed by atoms with E-state index in [1.54, 1.807) is 4.68 Å². The molecule has 1 amide bonds. The molecule has 1 N–H and O–H groups in total. The first kappa shape index (κ1) is 22.7. The highest BCUT2D eigenvalue weighted by Crippen LogP contribution is 2.35. The van der Waals surface area contributed by atoms with Gasteiger partial charge in [-0.2, -0.15) is 22.5 Å². The number of amides is 1. The van der Waals surface area contributed by atoms with Gasteiger partial charge in [-0.05, 0) is 39.0 Å². The summed E-state index contributed by atoms with van der Waals surface area (Å²) >= 11 is 0. The van der Waals surface area contributed by atoms with Gasteiger partial charge in [0.15, 0.2) is 0 Å². The summed E-state index contributed by atoms with van der Waals surface area (Å²) in [5.41, 5.74) is 1.64. The summed E-state index contributed by atoms with van der Waals surface area (Å²) in [6.45, 7) is 1.88. The molecule has 1 aliphatic heterocycles. The predicted octanol–water partition coefficient (Wildman–Crippen LogP) is 2.80. The highest BCUT2D eigenvalue weighted by Gasteiger charge is 2.45. The van der Waals surface area contributed by atoms with Gasteiger partial charge < -0.3 is 4.90 Å². The molecule has 0 unspecified atom stereocenters. The lowest BCUT2D eigenvalue weighted by atomic mass is 9.87. The molecule has 4 rings (SSSR count). The SMILES string of the molecule is Cc1nn(C)cc1[C@H]1C[C@H](C(=O)N(C2CCCCC2)C2CCCCC2)N(C)S(=O)(=O)N1. The number of likely N-dealkylation sites (N-methyl/N-ethyl adjacent to an activating group) is 1. The standard InChI is InChI=1S/C22H37N5O3S/c1-16-19(15-25(2)23-16)20-14-21(26(3)31(29,30)24-20)22(28)27(17-10-6-4-7-11-17)18-12-8-5-9-13-18/h15,17-18,20-21,24H,4-14H2,1-3H3/t20-,21-/m1/s1. The zero-order chi connectivity index (χ0) is 22.2. The average molecular weight is 452 g/mol. The van der Waals surface area contributed by atoms with E-state index in [9.17, 15) is 13.2 Å². The van der Waals surface area contributed by atoms with Crippen LogP contribution in [0.4, 0.5) is 0 Å². The summed E-state index contributed by atoms with van der Waals surface area (Å²) in [6, 6.07) is -0.633. The second-order valence-corrected chi connectivity index (χ2v) is 11.4. The molecule has 0 aromatic carbocycles. The molecule has 0 radical (unpaired) electrons. The van der Waals surface area contributed by atoms with Crippen molar-refractivity contribution in [2.45, 2.75) is 102 Å². The van der Waals surface area contributed by atoms with Gasteiger partial charge in [0.25, 0.3) is 10.2 Å². The molecular formula is C22H37N5O3S. The van der Waals surface area contributed by atoms with E-state index in [0.29, 0.717) is 6.42 Å². The zero-order valence-electron chi connectivity index (χ0n) is 19.1. The third kappa shape index (κ3) is 4.68. The number of hydrogen-bond donors (Lipinski definition) is 1. The molecule has 3 aliphatic rings. The minimum Gasteiger partial charge on any atom is -0.335 e. The molecule has 2 aliphatic carbocycles. The first-order chi connectivity index (χ1) is 14.8. The quantitative estimate of drug-likeness (QED) is 0.763. The number of carbonyl (C=O) groups excluding carboxylic acids is 1. The third-order valence-corrected chi connectivity index (χ3v) is 9.07. The predicted molar refractivity (Wildman–Crippen MR) is 120 cm³/mol. The fraction of sp³-hybridized carbons (Fsp3) is 0.818. The van der Waals surface area contributed by atoms with E-state index in [-0.39, 0.29) is 18.0 Å². The normalized spacial score (nSPS) is 28.5. The second-order valence-electron chi connectivity index (χ2n) is 9.62. The molecular weight excluding hydrogens is 414 g/mol. The van der Waals surface area contributed by atoms with E-state index in [0.717, 1.165) is 62.6 Å². The molecule has 1 saturated heterocycles. The van der Waals surface area contributed by atoms with Crippen LogP contribution >= 0.6 is 0 Å². The fourth-order valence-corrected chi connectivity index (χ4v) is 7.07. The lowest BCUT2D eigenvalue weighted by Gasteiger charge is -2.46. The Balaban J connectivity index is 1.64. The Hall–Kier alpha value is -1.45. The molecule has 0 bridgehead atoms. The van der Waals surface area contributed by atoms with Crippen molar-refractivity contribution in [1.82, 2.24) is 23.7 Å². The van der Waals surface area contributed by atoms with E-state index in [2.05, 4.69) is 14.7 Å². The van der Waals surface area contributed by atoms with E-state index in [1.165, 1.54) is 24.2 Å². The minimum atomic E-state index is -3.76. The summed E-state index contributed by atoms with van der Waals surface area (Å²) in [4.78, 5) is 16.2. The van der Waals surface area contributed by atoms with E-state index >= 15 is 0 Å². The largest absolute Gasteiger partial charge is 0.335 e. The van der Waals surface area contributed by atoms with Gasteiger partial charge in [-0.15, -0.1) is 0 Å². The van der Waals surface area contributed by atoms with Gasteiger partial charge in [-0.3, -0.25) is 9.48 Å². The Labute approximate surface area is 186 Å². The molecule has 31 heavy (non-hydrogen) atoms. The van der Waals surface area contributed by atoms with Gasteiger partial charge in [-0.25, -0.2) is 0 Å². The van der Waals surface area contributed by atoms with Crippen LogP contribution in [0.5, 0.6) is 0 Å². The van der Waals surface area contributed by atoms with Crippen molar-refractivity contribution in [3.05, 3.63) is 17.5 Å². The maximum Gasteiger partial charge on any atom is 0.280 e. The van der Waals surface area contributed by atoms with Crippen molar-refractivity contribution in [3.8, 4) is 0 Å². The Kier molecular flexibility index (Phi) is 6.74. The number of nitrogens with zero attached hydrogens (tertiary/aromatic N) is 4. The summed E-state index contributed by atoms with van der Waals surface area (Å²) < 4.78 is 31.7. The van der Waals surface area contributed by atoms with Crippen LogP contribution in [0.1, 0.15) is 87.9 Å². The number of carbonyl (C=O) groups is 1. The highest BCUT2D eigenvalue weighted by molar-refractivity contribution is 7.87. The van der Waals surface area contributed by atoms with Crippen LogP contribution in [0.25, 0.3) is 0 Å². The summed E-state index contributed by atoms with van der Waals surface area (Å²) in [6.07, 6.45) is 13.5. The van der Waals surface area contributed by atoms with Gasteiger partial charge in [0.2, 0.25) is 5.91 Å². The maximum atomic E-state index is 14.0. The van der Waals surface area contributed by atoms with Crippen LogP contribution < -0.4 is 4.72 Å². The van der Waals surface area contributed by atoms with E-state index in [4.69, 9.17) is 0 Å². The van der Waals surface area contributed by atoms with Gasteiger partial charge in [-0.1, -0.05) is 38.5 Å². The van der Waals surface area contributed by atoms with Crippen molar-refractivity contribution in [3.63, 3.8) is 0 Å². The van der Waals surface area contributed by atoms with Crippen LogP contribution in [-0.2, 0) is 22.1 Å². The molecule has 2 saturated carbocycles. The molecule has 174 valence electrons. The molecule has 1 aromatic heterocycles. The number of rotatable bonds is 4. The van der Waals surface area contributed by atoms with Crippen molar-refractivity contribution >= 4 is 16.1 Å². The smallest absolute Gasteiger partial charge is 0.280 e. The molecule has 0 spiro atoms.